The van der Waals surface area contributed by atoms with Crippen molar-refractivity contribution in [3.05, 3.63) is 108 Å². The first-order valence-corrected chi connectivity index (χ1v) is 18.1. The first-order valence-electron chi connectivity index (χ1n) is 18.1. The van der Waals surface area contributed by atoms with Crippen LogP contribution < -0.4 is 0 Å². The van der Waals surface area contributed by atoms with Gasteiger partial charge in [0, 0.05) is 20.8 Å². The van der Waals surface area contributed by atoms with Gasteiger partial charge >= 0.3 is 35.8 Å². The number of hydrogen-bond acceptors (Lipinski definition) is 13. The second kappa shape index (κ2) is 15.3. The van der Waals surface area contributed by atoms with Gasteiger partial charge in [-0.2, -0.15) is 0 Å². The molecular weight excluding hydrogens is 712 g/mol. The molecule has 6 rings (SSSR count). The molecule has 1 saturated heterocycles. The van der Waals surface area contributed by atoms with Gasteiger partial charge < -0.3 is 33.2 Å². The summed E-state index contributed by atoms with van der Waals surface area (Å²) in [5.74, 6) is -6.47. The molecule has 55 heavy (non-hydrogen) atoms. The van der Waals surface area contributed by atoms with Crippen LogP contribution in [0.15, 0.2) is 91.0 Å². The molecule has 2 bridgehead atoms. The number of ether oxygens (including phenoxy) is 7. The fraction of sp³-hybridized carbons (Fsp3) is 0.429. The van der Waals surface area contributed by atoms with E-state index in [4.69, 9.17) is 33.2 Å². The molecule has 13 heteroatoms. The number of fused-ring (bicyclic) bond motifs is 1. The molecule has 3 aromatic rings. The Balaban J connectivity index is 1.65. The molecule has 1 spiro atoms. The van der Waals surface area contributed by atoms with Crippen LogP contribution in [0, 0.1) is 17.3 Å². The van der Waals surface area contributed by atoms with Gasteiger partial charge in [-0.25, -0.2) is 14.4 Å². The van der Waals surface area contributed by atoms with E-state index < -0.39 is 101 Å². The Hall–Kier alpha value is -5.56. The number of carbonyl (C=O) groups excluding carboxylic acids is 6. The molecule has 2 saturated carbocycles. The van der Waals surface area contributed by atoms with Crippen LogP contribution in [0.25, 0.3) is 0 Å². The Morgan fingerprint density at radius 3 is 1.53 bits per heavy atom. The summed E-state index contributed by atoms with van der Waals surface area (Å²) in [6.07, 6.45) is -7.31. The first-order chi connectivity index (χ1) is 26.1. The predicted octanol–water partition coefficient (Wildman–Crippen LogP) is 5.29. The number of benzene rings is 3. The second-order valence-corrected chi connectivity index (χ2v) is 14.8. The van der Waals surface area contributed by atoms with Crippen molar-refractivity contribution in [1.29, 1.82) is 0 Å². The maximum Gasteiger partial charge on any atom is 0.338 e. The second-order valence-electron chi connectivity index (χ2n) is 14.8. The number of rotatable bonds is 10. The summed E-state index contributed by atoms with van der Waals surface area (Å²) in [6, 6.07) is 24.3. The summed E-state index contributed by atoms with van der Waals surface area (Å²) < 4.78 is 44.4. The number of esters is 6. The van der Waals surface area contributed by atoms with Crippen molar-refractivity contribution in [3.63, 3.8) is 0 Å². The van der Waals surface area contributed by atoms with Gasteiger partial charge in [0.15, 0.2) is 12.2 Å². The Kier molecular flexibility index (Phi) is 10.9. The molecular formula is C42H44O13. The molecule has 0 N–H and O–H groups in total. The lowest BCUT2D eigenvalue weighted by Crippen LogP contribution is -2.81. The van der Waals surface area contributed by atoms with Crippen molar-refractivity contribution in [1.82, 2.24) is 0 Å². The van der Waals surface area contributed by atoms with E-state index in [-0.39, 0.29) is 23.1 Å². The normalized spacial score (nSPS) is 30.1. The van der Waals surface area contributed by atoms with Gasteiger partial charge in [-0.3, -0.25) is 14.4 Å². The molecule has 0 amide bonds. The summed E-state index contributed by atoms with van der Waals surface area (Å²) in [4.78, 5) is 81.3. The van der Waals surface area contributed by atoms with Crippen molar-refractivity contribution in [2.24, 2.45) is 17.3 Å². The van der Waals surface area contributed by atoms with Crippen LogP contribution in [0.3, 0.4) is 0 Å². The van der Waals surface area contributed by atoms with Crippen molar-refractivity contribution in [2.75, 3.05) is 6.61 Å². The van der Waals surface area contributed by atoms with Gasteiger partial charge in [0.05, 0.1) is 28.2 Å². The summed E-state index contributed by atoms with van der Waals surface area (Å²) in [7, 11) is 0. The average Bonchev–Trinajstić information content (AvgIpc) is 3.34. The average molecular weight is 757 g/mol. The monoisotopic (exact) mass is 756 g/mol. The molecule has 3 aromatic carbocycles. The predicted molar refractivity (Wildman–Crippen MR) is 192 cm³/mol. The van der Waals surface area contributed by atoms with Crippen LogP contribution in [0.2, 0.25) is 0 Å². The molecule has 13 nitrogen and oxygen atoms in total. The smallest absolute Gasteiger partial charge is 0.338 e. The van der Waals surface area contributed by atoms with E-state index in [0.717, 1.165) is 13.8 Å². The van der Waals surface area contributed by atoms with Gasteiger partial charge in [0.25, 0.3) is 0 Å². The minimum atomic E-state index is -2.07. The standard InChI is InChI=1S/C42H44O13/c1-24-22-31(52-37(46)28-16-10-7-11-17-28)34(54-39(48)30-20-14-9-15-21-30)41(23-49-25(2)43)36(51-27(4)45)33(53-38(47)29-18-12-8-13-19-29)32-35(50-26(3)44)42(24,41)55-40(32,5)6/h7-21,24,31-36H,22-23H2,1-6H3/t24-,31+,32-,33-,34+,35-,36-,41+,42-/m0/s1. The van der Waals surface area contributed by atoms with Crippen molar-refractivity contribution in [2.45, 2.75) is 89.7 Å². The van der Waals surface area contributed by atoms with Crippen LogP contribution in [0.1, 0.15) is 79.0 Å². The lowest BCUT2D eigenvalue weighted by molar-refractivity contribution is -0.327. The SMILES string of the molecule is CC(=O)OC[C@]12[C@H](OC(=O)c3ccccc3)[C@H](OC(=O)c3ccccc3)C[C@H](C)[C@@]13OC(C)(C)[C@@H]([C@H](OC(=O)c1ccccc1)[C@@H]2OC(C)=O)[C@@H]3OC(C)=O. The topological polar surface area (TPSA) is 167 Å². The van der Waals surface area contributed by atoms with Gasteiger partial charge in [0.2, 0.25) is 0 Å². The van der Waals surface area contributed by atoms with Crippen molar-refractivity contribution >= 4 is 35.8 Å². The number of carbonyl (C=O) groups is 6. The quantitative estimate of drug-likeness (QED) is 0.194. The molecule has 1 aliphatic heterocycles. The van der Waals surface area contributed by atoms with E-state index in [1.165, 1.54) is 31.2 Å². The highest BCUT2D eigenvalue weighted by atomic mass is 16.6. The molecule has 1 heterocycles. The van der Waals surface area contributed by atoms with Gasteiger partial charge in [-0.1, -0.05) is 61.5 Å². The highest BCUT2D eigenvalue weighted by molar-refractivity contribution is 5.91. The third-order valence-electron chi connectivity index (χ3n) is 10.9. The molecule has 0 unspecified atom stereocenters. The highest BCUT2D eigenvalue weighted by Gasteiger charge is 2.86. The molecule has 0 radical (unpaired) electrons. The van der Waals surface area contributed by atoms with Gasteiger partial charge in [-0.15, -0.1) is 0 Å². The Morgan fingerprint density at radius 1 is 0.600 bits per heavy atom. The molecule has 3 aliphatic rings. The van der Waals surface area contributed by atoms with Crippen molar-refractivity contribution < 1.29 is 61.9 Å². The lowest BCUT2D eigenvalue weighted by atomic mass is 9.47. The Labute approximate surface area is 318 Å². The summed E-state index contributed by atoms with van der Waals surface area (Å²) in [5, 5.41) is 0. The van der Waals surface area contributed by atoms with E-state index in [1.54, 1.807) is 87.5 Å². The maximum atomic E-state index is 14.2. The third-order valence-corrected chi connectivity index (χ3v) is 10.9. The van der Waals surface area contributed by atoms with Crippen LogP contribution in [-0.2, 0) is 47.5 Å². The molecule has 3 fully saturated rings. The lowest BCUT2D eigenvalue weighted by Gasteiger charge is -2.64. The van der Waals surface area contributed by atoms with E-state index in [9.17, 15) is 28.8 Å². The zero-order valence-electron chi connectivity index (χ0n) is 31.4. The van der Waals surface area contributed by atoms with Crippen LogP contribution in [-0.4, -0.2) is 84.1 Å². The Bertz CT molecular complexity index is 1930. The van der Waals surface area contributed by atoms with Gasteiger partial charge in [-0.05, 0) is 62.6 Å². The molecule has 9 atom stereocenters. The van der Waals surface area contributed by atoms with Crippen LogP contribution >= 0.6 is 0 Å². The highest BCUT2D eigenvalue weighted by Crippen LogP contribution is 2.68. The van der Waals surface area contributed by atoms with E-state index in [1.807, 2.05) is 0 Å². The molecule has 290 valence electrons. The van der Waals surface area contributed by atoms with E-state index in [2.05, 4.69) is 0 Å². The molecule has 0 aromatic heterocycles. The number of hydrogen-bond donors (Lipinski definition) is 0. The zero-order chi connectivity index (χ0) is 39.7. The minimum absolute atomic E-state index is 0.0189. The zero-order valence-corrected chi connectivity index (χ0v) is 31.4. The summed E-state index contributed by atoms with van der Waals surface area (Å²) in [6.45, 7) is 8.06. The van der Waals surface area contributed by atoms with Crippen LogP contribution in [0.5, 0.6) is 0 Å². The Morgan fingerprint density at radius 2 is 1.05 bits per heavy atom. The maximum absolute atomic E-state index is 14.2. The van der Waals surface area contributed by atoms with E-state index in [0.29, 0.717) is 0 Å². The van der Waals surface area contributed by atoms with E-state index >= 15 is 0 Å². The summed E-state index contributed by atoms with van der Waals surface area (Å²) in [5.41, 5.74) is -4.67. The van der Waals surface area contributed by atoms with Gasteiger partial charge in [0.1, 0.15) is 35.9 Å². The molecule has 2 aliphatic carbocycles. The largest absolute Gasteiger partial charge is 0.465 e. The summed E-state index contributed by atoms with van der Waals surface area (Å²) >= 11 is 0. The first kappa shape index (κ1) is 39.1. The van der Waals surface area contributed by atoms with Crippen molar-refractivity contribution in [3.8, 4) is 0 Å². The van der Waals surface area contributed by atoms with Crippen LogP contribution in [0.4, 0.5) is 0 Å². The fourth-order valence-corrected chi connectivity index (χ4v) is 8.95. The third kappa shape index (κ3) is 7.08. The minimum Gasteiger partial charge on any atom is -0.465 e. The fourth-order valence-electron chi connectivity index (χ4n) is 8.95.